The van der Waals surface area contributed by atoms with Crippen LogP contribution in [0.1, 0.15) is 23.3 Å². The number of nitrogens with zero attached hydrogens (tertiary/aromatic N) is 4. The van der Waals surface area contributed by atoms with Crippen LogP contribution in [0.4, 0.5) is 0 Å². The molecule has 2 saturated heterocycles. The lowest BCUT2D eigenvalue weighted by Crippen LogP contribution is -2.47. The van der Waals surface area contributed by atoms with Crippen molar-refractivity contribution in [2.24, 2.45) is 0 Å². The van der Waals surface area contributed by atoms with Crippen molar-refractivity contribution in [2.75, 3.05) is 33.4 Å². The van der Waals surface area contributed by atoms with Crippen LogP contribution in [0.5, 0.6) is 5.75 Å². The molecular formula is C27H26N4O4. The average molecular weight is 471 g/mol. The van der Waals surface area contributed by atoms with E-state index in [4.69, 9.17) is 24.3 Å². The monoisotopic (exact) mass is 470 g/mol. The molecule has 0 radical (unpaired) electrons. The number of benzene rings is 2. The highest BCUT2D eigenvalue weighted by molar-refractivity contribution is 5.94. The molecule has 2 aliphatic heterocycles. The van der Waals surface area contributed by atoms with Crippen molar-refractivity contribution in [1.82, 2.24) is 19.5 Å². The van der Waals surface area contributed by atoms with E-state index in [0.29, 0.717) is 56.2 Å². The maximum absolute atomic E-state index is 13.6. The summed E-state index contributed by atoms with van der Waals surface area (Å²) in [6.07, 6.45) is 1.32. The van der Waals surface area contributed by atoms with Gasteiger partial charge in [-0.3, -0.25) is 4.79 Å². The minimum absolute atomic E-state index is 0.112. The summed E-state index contributed by atoms with van der Waals surface area (Å²) in [5, 5.41) is 4.84. The van der Waals surface area contributed by atoms with Gasteiger partial charge in [-0.15, -0.1) is 0 Å². The molecule has 2 aliphatic rings. The Kier molecular flexibility index (Phi) is 5.47. The quantitative estimate of drug-likeness (QED) is 0.448. The summed E-state index contributed by atoms with van der Waals surface area (Å²) in [4.78, 5) is 20.1. The van der Waals surface area contributed by atoms with E-state index in [1.54, 1.807) is 11.6 Å². The number of para-hydroxylation sites is 1. The summed E-state index contributed by atoms with van der Waals surface area (Å²) < 4.78 is 19.0. The standard InChI is InChI=1S/C27H26N4O4/c1-33-24-10-6-5-9-20(24)23-17-22(26(32)30-13-11-27(12-14-30)34-15-16-35-27)28-25-18-21(29-31(23)25)19-7-3-2-4-8-19/h2-10,17-18H,11-16H2,1H3. The SMILES string of the molecule is COc1ccccc1-c1cc(C(=O)N2CCC3(CC2)OCCO3)nc2cc(-c3ccccc3)nn12. The first-order valence-electron chi connectivity index (χ1n) is 11.8. The zero-order valence-corrected chi connectivity index (χ0v) is 19.5. The van der Waals surface area contributed by atoms with E-state index in [1.165, 1.54) is 0 Å². The average Bonchev–Trinajstić information content (AvgIpc) is 3.56. The Bertz CT molecular complexity index is 1370. The first kappa shape index (κ1) is 21.8. The minimum atomic E-state index is -0.535. The van der Waals surface area contributed by atoms with Crippen LogP contribution in [0, 0.1) is 0 Å². The van der Waals surface area contributed by atoms with Gasteiger partial charge >= 0.3 is 0 Å². The molecule has 1 spiro atoms. The van der Waals surface area contributed by atoms with Crippen molar-refractivity contribution in [3.8, 4) is 28.3 Å². The largest absolute Gasteiger partial charge is 0.496 e. The van der Waals surface area contributed by atoms with Gasteiger partial charge in [0.25, 0.3) is 5.91 Å². The van der Waals surface area contributed by atoms with Crippen LogP contribution in [0.15, 0.2) is 66.7 Å². The molecule has 2 aromatic carbocycles. The second-order valence-corrected chi connectivity index (χ2v) is 8.79. The Hall–Kier alpha value is -3.75. The number of hydrogen-bond donors (Lipinski definition) is 0. The number of piperidine rings is 1. The molecular weight excluding hydrogens is 444 g/mol. The Morgan fingerprint density at radius 1 is 0.971 bits per heavy atom. The summed E-state index contributed by atoms with van der Waals surface area (Å²) >= 11 is 0. The molecule has 0 bridgehead atoms. The van der Waals surface area contributed by atoms with Crippen molar-refractivity contribution in [1.29, 1.82) is 0 Å². The lowest BCUT2D eigenvalue weighted by molar-refractivity contribution is -0.181. The van der Waals surface area contributed by atoms with Gasteiger partial charge in [0.1, 0.15) is 11.4 Å². The lowest BCUT2D eigenvalue weighted by Gasteiger charge is -2.37. The number of carbonyl (C=O) groups is 1. The van der Waals surface area contributed by atoms with Crippen molar-refractivity contribution in [3.05, 3.63) is 72.4 Å². The summed E-state index contributed by atoms with van der Waals surface area (Å²) in [7, 11) is 1.64. The fraction of sp³-hybridized carbons (Fsp3) is 0.296. The number of ether oxygens (including phenoxy) is 3. The van der Waals surface area contributed by atoms with E-state index in [9.17, 15) is 4.79 Å². The lowest BCUT2D eigenvalue weighted by atomic mass is 10.0. The van der Waals surface area contributed by atoms with Gasteiger partial charge in [0, 0.05) is 43.1 Å². The molecule has 4 heterocycles. The number of carbonyl (C=O) groups excluding carboxylic acids is 1. The van der Waals surface area contributed by atoms with E-state index in [1.807, 2.05) is 71.6 Å². The predicted octanol–water partition coefficient (Wildman–Crippen LogP) is 4.05. The molecule has 8 heteroatoms. The number of methoxy groups -OCH3 is 1. The Morgan fingerprint density at radius 3 is 2.43 bits per heavy atom. The molecule has 0 unspecified atom stereocenters. The number of fused-ring (bicyclic) bond motifs is 1. The number of aromatic nitrogens is 3. The number of likely N-dealkylation sites (tertiary alicyclic amines) is 1. The highest BCUT2D eigenvalue weighted by atomic mass is 16.7. The Balaban J connectivity index is 1.42. The third-order valence-corrected chi connectivity index (χ3v) is 6.72. The van der Waals surface area contributed by atoms with E-state index in [2.05, 4.69) is 0 Å². The predicted molar refractivity (Wildman–Crippen MR) is 130 cm³/mol. The summed E-state index contributed by atoms with van der Waals surface area (Å²) in [5.74, 6) is 0.0526. The van der Waals surface area contributed by atoms with Crippen molar-refractivity contribution in [3.63, 3.8) is 0 Å². The maximum atomic E-state index is 13.6. The molecule has 8 nitrogen and oxygen atoms in total. The summed E-state index contributed by atoms with van der Waals surface area (Å²) in [6.45, 7) is 2.34. The zero-order valence-electron chi connectivity index (χ0n) is 19.5. The van der Waals surface area contributed by atoms with Crippen molar-refractivity contribution >= 4 is 11.6 Å². The van der Waals surface area contributed by atoms with E-state index >= 15 is 0 Å². The van der Waals surface area contributed by atoms with E-state index in [0.717, 1.165) is 22.5 Å². The second kappa shape index (κ2) is 8.79. The highest BCUT2D eigenvalue weighted by Crippen LogP contribution is 2.34. The van der Waals surface area contributed by atoms with E-state index < -0.39 is 5.79 Å². The summed E-state index contributed by atoms with van der Waals surface area (Å²) in [6, 6.07) is 21.4. The molecule has 2 fully saturated rings. The van der Waals surface area contributed by atoms with Crippen LogP contribution >= 0.6 is 0 Å². The van der Waals surface area contributed by atoms with Gasteiger partial charge in [-0.2, -0.15) is 5.10 Å². The van der Waals surface area contributed by atoms with Gasteiger partial charge in [0.2, 0.25) is 0 Å². The van der Waals surface area contributed by atoms with Gasteiger partial charge in [-0.25, -0.2) is 9.50 Å². The van der Waals surface area contributed by atoms with Crippen LogP contribution in [0.2, 0.25) is 0 Å². The number of amides is 1. The molecule has 6 rings (SSSR count). The molecule has 1 amide bonds. The van der Waals surface area contributed by atoms with Crippen molar-refractivity contribution < 1.29 is 19.0 Å². The van der Waals surface area contributed by atoms with Gasteiger partial charge in [0.05, 0.1) is 31.7 Å². The topological polar surface area (TPSA) is 78.2 Å². The third kappa shape index (κ3) is 3.94. The minimum Gasteiger partial charge on any atom is -0.496 e. The fourth-order valence-corrected chi connectivity index (χ4v) is 4.88. The second-order valence-electron chi connectivity index (χ2n) is 8.79. The van der Waals surface area contributed by atoms with Gasteiger partial charge in [-0.05, 0) is 18.2 Å². The first-order valence-corrected chi connectivity index (χ1v) is 11.8. The van der Waals surface area contributed by atoms with Crippen LogP contribution in [-0.4, -0.2) is 64.6 Å². The zero-order chi connectivity index (χ0) is 23.8. The van der Waals surface area contributed by atoms with Crippen molar-refractivity contribution in [2.45, 2.75) is 18.6 Å². The van der Waals surface area contributed by atoms with Crippen LogP contribution in [-0.2, 0) is 9.47 Å². The Labute approximate surface area is 203 Å². The normalized spacial score (nSPS) is 17.2. The number of hydrogen-bond acceptors (Lipinski definition) is 6. The number of rotatable bonds is 4. The highest BCUT2D eigenvalue weighted by Gasteiger charge is 2.41. The summed E-state index contributed by atoms with van der Waals surface area (Å²) in [5.41, 5.74) is 4.33. The van der Waals surface area contributed by atoms with Gasteiger partial charge < -0.3 is 19.1 Å². The first-order chi connectivity index (χ1) is 17.2. The molecule has 0 N–H and O–H groups in total. The van der Waals surface area contributed by atoms with Crippen LogP contribution in [0.3, 0.4) is 0 Å². The molecule has 0 atom stereocenters. The van der Waals surface area contributed by atoms with Crippen LogP contribution < -0.4 is 4.74 Å². The molecule has 35 heavy (non-hydrogen) atoms. The fourth-order valence-electron chi connectivity index (χ4n) is 4.88. The maximum Gasteiger partial charge on any atom is 0.272 e. The molecule has 0 saturated carbocycles. The Morgan fingerprint density at radius 2 is 1.69 bits per heavy atom. The smallest absolute Gasteiger partial charge is 0.272 e. The molecule has 0 aliphatic carbocycles. The third-order valence-electron chi connectivity index (χ3n) is 6.72. The molecule has 178 valence electrons. The van der Waals surface area contributed by atoms with Crippen LogP contribution in [0.25, 0.3) is 28.2 Å². The van der Waals surface area contributed by atoms with E-state index in [-0.39, 0.29) is 5.91 Å². The van der Waals surface area contributed by atoms with Gasteiger partial charge in [-0.1, -0.05) is 42.5 Å². The molecule has 4 aromatic rings. The molecule has 2 aromatic heterocycles. The van der Waals surface area contributed by atoms with Gasteiger partial charge in [0.15, 0.2) is 11.4 Å².